The number of piperazine rings is 1. The van der Waals surface area contributed by atoms with Crippen LogP contribution in [0.3, 0.4) is 0 Å². The summed E-state index contributed by atoms with van der Waals surface area (Å²) in [5.74, 6) is 1.77. The molecule has 9 heteroatoms. The molecule has 0 aliphatic carbocycles. The molecule has 4 heterocycles. The van der Waals surface area contributed by atoms with Crippen LogP contribution in [0.4, 0.5) is 10.2 Å². The number of ether oxygens (including phenoxy) is 2. The fourth-order valence-corrected chi connectivity index (χ4v) is 5.34. The van der Waals surface area contributed by atoms with Crippen LogP contribution in [0.1, 0.15) is 0 Å². The molecule has 0 unspecified atom stereocenters. The smallest absolute Gasteiger partial charge is 0.267 e. The van der Waals surface area contributed by atoms with Crippen molar-refractivity contribution in [3.05, 3.63) is 66.1 Å². The lowest BCUT2D eigenvalue weighted by molar-refractivity contribution is -0.141. The van der Waals surface area contributed by atoms with Crippen LogP contribution in [0.2, 0.25) is 0 Å². The van der Waals surface area contributed by atoms with Crippen LogP contribution in [0.5, 0.6) is 11.5 Å². The van der Waals surface area contributed by atoms with Crippen molar-refractivity contribution in [1.29, 1.82) is 0 Å². The van der Waals surface area contributed by atoms with E-state index in [4.69, 9.17) is 9.47 Å². The van der Waals surface area contributed by atoms with Crippen LogP contribution in [-0.4, -0.2) is 59.7 Å². The van der Waals surface area contributed by atoms with Crippen LogP contribution in [-0.2, 0) is 4.79 Å². The van der Waals surface area contributed by atoms with Crippen molar-refractivity contribution in [3.63, 3.8) is 0 Å². The number of carbonyl (C=O) groups is 1. The summed E-state index contributed by atoms with van der Waals surface area (Å²) >= 11 is 1.54. The van der Waals surface area contributed by atoms with E-state index in [0.717, 1.165) is 27.2 Å². The normalized spacial score (nSPS) is 17.7. The number of hydrogen-bond acceptors (Lipinski definition) is 7. The molecule has 0 radical (unpaired) electrons. The van der Waals surface area contributed by atoms with Crippen LogP contribution in [0.25, 0.3) is 21.3 Å². The number of nitrogens with zero attached hydrogens (tertiary/aromatic N) is 4. The molecule has 6 rings (SSSR count). The first kappa shape index (κ1) is 20.9. The fourth-order valence-electron chi connectivity index (χ4n) is 4.42. The number of anilines is 1. The molecule has 7 nitrogen and oxygen atoms in total. The first-order chi connectivity index (χ1) is 16.7. The first-order valence-corrected chi connectivity index (χ1v) is 12.0. The maximum Gasteiger partial charge on any atom is 0.267 e. The van der Waals surface area contributed by atoms with Crippen LogP contribution < -0.4 is 14.4 Å². The quantitative estimate of drug-likeness (QED) is 0.446. The Balaban J connectivity index is 1.19. The van der Waals surface area contributed by atoms with Crippen molar-refractivity contribution >= 4 is 33.3 Å². The number of carbonyl (C=O) groups excluding carboxylic acids is 1. The first-order valence-electron chi connectivity index (χ1n) is 11.1. The fraction of sp³-hybridized carbons (Fsp3) is 0.240. The van der Waals surface area contributed by atoms with Gasteiger partial charge in [0.2, 0.25) is 6.10 Å². The predicted molar refractivity (Wildman–Crippen MR) is 128 cm³/mol. The second kappa shape index (κ2) is 8.57. The number of aromatic nitrogens is 2. The topological polar surface area (TPSA) is 67.8 Å². The van der Waals surface area contributed by atoms with Gasteiger partial charge in [-0.1, -0.05) is 24.3 Å². The average molecular weight is 477 g/mol. The van der Waals surface area contributed by atoms with E-state index in [1.54, 1.807) is 29.8 Å². The number of thiophene rings is 1. The van der Waals surface area contributed by atoms with Crippen LogP contribution in [0.15, 0.2) is 60.2 Å². The molecule has 1 fully saturated rings. The number of halogens is 1. The molecule has 0 N–H and O–H groups in total. The lowest BCUT2D eigenvalue weighted by Crippen LogP contribution is -2.54. The zero-order valence-electron chi connectivity index (χ0n) is 18.2. The van der Waals surface area contributed by atoms with Crippen LogP contribution >= 0.6 is 11.3 Å². The molecule has 0 saturated carbocycles. The van der Waals surface area contributed by atoms with E-state index >= 15 is 0 Å². The summed E-state index contributed by atoms with van der Waals surface area (Å²) in [4.78, 5) is 27.0. The van der Waals surface area contributed by atoms with Crippen molar-refractivity contribution < 1.29 is 18.7 Å². The van der Waals surface area contributed by atoms with Crippen molar-refractivity contribution in [2.75, 3.05) is 37.7 Å². The van der Waals surface area contributed by atoms with Gasteiger partial charge in [-0.15, -0.1) is 11.3 Å². The Labute approximate surface area is 199 Å². The van der Waals surface area contributed by atoms with Crippen molar-refractivity contribution in [2.24, 2.45) is 0 Å². The molecule has 1 saturated heterocycles. The van der Waals surface area contributed by atoms with Crippen molar-refractivity contribution in [3.8, 4) is 22.6 Å². The Morgan fingerprint density at radius 1 is 1.00 bits per heavy atom. The summed E-state index contributed by atoms with van der Waals surface area (Å²) in [6, 6.07) is 13.9. The number of rotatable bonds is 3. The molecule has 34 heavy (non-hydrogen) atoms. The SMILES string of the molecule is O=C([C@@H]1COc2ccccc2O1)N1CCN(c2ncnc3scc(-c4ccc(F)cc4)c23)CC1. The highest BCUT2D eigenvalue weighted by molar-refractivity contribution is 7.17. The maximum absolute atomic E-state index is 13.4. The van der Waals surface area contributed by atoms with E-state index < -0.39 is 6.10 Å². The minimum atomic E-state index is -0.644. The van der Waals surface area contributed by atoms with Crippen LogP contribution in [0, 0.1) is 5.82 Å². The Bertz CT molecular complexity index is 1350. The maximum atomic E-state index is 13.4. The molecule has 1 atom stereocenters. The third kappa shape index (κ3) is 3.71. The molecule has 0 spiro atoms. The highest BCUT2D eigenvalue weighted by Gasteiger charge is 2.33. The van der Waals surface area contributed by atoms with Gasteiger partial charge in [0.1, 0.15) is 29.4 Å². The molecular formula is C25H21FN4O3S. The molecule has 172 valence electrons. The summed E-state index contributed by atoms with van der Waals surface area (Å²) in [7, 11) is 0. The minimum absolute atomic E-state index is 0.0653. The highest BCUT2D eigenvalue weighted by atomic mass is 32.1. The van der Waals surface area contributed by atoms with Crippen molar-refractivity contribution in [2.45, 2.75) is 6.10 Å². The highest BCUT2D eigenvalue weighted by Crippen LogP contribution is 2.38. The monoisotopic (exact) mass is 476 g/mol. The number of benzene rings is 2. The summed E-state index contributed by atoms with van der Waals surface area (Å²) in [6.07, 6.45) is 0.930. The average Bonchev–Trinajstić information content (AvgIpc) is 3.33. The van der Waals surface area contributed by atoms with Gasteiger partial charge in [0.15, 0.2) is 11.5 Å². The zero-order chi connectivity index (χ0) is 23.1. The number of amides is 1. The number of para-hydroxylation sites is 2. The van der Waals surface area contributed by atoms with Gasteiger partial charge in [-0.2, -0.15) is 0 Å². The van der Waals surface area contributed by atoms with Gasteiger partial charge >= 0.3 is 0 Å². The zero-order valence-corrected chi connectivity index (χ0v) is 19.0. The predicted octanol–water partition coefficient (Wildman–Crippen LogP) is 3.99. The van der Waals surface area contributed by atoms with Gasteiger partial charge in [0.05, 0.1) is 5.39 Å². The Morgan fingerprint density at radius 2 is 1.76 bits per heavy atom. The molecule has 2 aliphatic rings. The van der Waals surface area contributed by atoms with E-state index in [1.165, 1.54) is 12.1 Å². The summed E-state index contributed by atoms with van der Waals surface area (Å²) in [6.45, 7) is 2.60. The lowest BCUT2D eigenvalue weighted by Gasteiger charge is -2.37. The molecule has 4 aromatic rings. The second-order valence-electron chi connectivity index (χ2n) is 8.21. The van der Waals surface area contributed by atoms with Crippen molar-refractivity contribution in [1.82, 2.24) is 14.9 Å². The van der Waals surface area contributed by atoms with Gasteiger partial charge in [0.25, 0.3) is 5.91 Å². The third-order valence-corrected chi connectivity index (χ3v) is 7.07. The van der Waals surface area contributed by atoms with E-state index in [0.29, 0.717) is 37.7 Å². The van der Waals surface area contributed by atoms with E-state index in [1.807, 2.05) is 34.5 Å². The molecule has 2 aromatic heterocycles. The van der Waals surface area contributed by atoms with E-state index in [2.05, 4.69) is 14.9 Å². The lowest BCUT2D eigenvalue weighted by atomic mass is 10.1. The number of hydrogen-bond donors (Lipinski definition) is 0. The standard InChI is InChI=1S/C25H21FN4O3S/c26-17-7-5-16(6-8-17)18-14-34-24-22(18)23(27-15-28-24)29-9-11-30(12-10-29)25(31)21-13-32-19-3-1-2-4-20(19)33-21/h1-8,14-15,21H,9-13H2/t21-/m0/s1. The van der Waals surface area contributed by atoms with Gasteiger partial charge in [-0.3, -0.25) is 4.79 Å². The molecular weight excluding hydrogens is 455 g/mol. The Hall–Kier alpha value is -3.72. The molecule has 2 aliphatic heterocycles. The van der Waals surface area contributed by atoms with Gasteiger partial charge < -0.3 is 19.3 Å². The minimum Gasteiger partial charge on any atom is -0.485 e. The Kier molecular flexibility index (Phi) is 5.26. The summed E-state index contributed by atoms with van der Waals surface area (Å²) < 4.78 is 25.1. The second-order valence-corrected chi connectivity index (χ2v) is 9.07. The largest absolute Gasteiger partial charge is 0.485 e. The van der Waals surface area contributed by atoms with Gasteiger partial charge in [0, 0.05) is 37.1 Å². The van der Waals surface area contributed by atoms with E-state index in [9.17, 15) is 9.18 Å². The molecule has 1 amide bonds. The third-order valence-electron chi connectivity index (χ3n) is 6.18. The Morgan fingerprint density at radius 3 is 2.56 bits per heavy atom. The molecule has 0 bridgehead atoms. The summed E-state index contributed by atoms with van der Waals surface area (Å²) in [5, 5.41) is 2.99. The van der Waals surface area contributed by atoms with Gasteiger partial charge in [-0.25, -0.2) is 14.4 Å². The van der Waals surface area contributed by atoms with E-state index in [-0.39, 0.29) is 18.3 Å². The summed E-state index contributed by atoms with van der Waals surface area (Å²) in [5.41, 5.74) is 1.91. The van der Waals surface area contributed by atoms with Gasteiger partial charge in [-0.05, 0) is 29.8 Å². The number of fused-ring (bicyclic) bond motifs is 2. The molecule has 2 aromatic carbocycles.